The highest BCUT2D eigenvalue weighted by molar-refractivity contribution is 14.0. The number of nitrogens with zero attached hydrogens (tertiary/aromatic N) is 2. The molecule has 20 heavy (non-hydrogen) atoms. The van der Waals surface area contributed by atoms with Crippen LogP contribution in [-0.2, 0) is 11.3 Å². The number of aliphatic imine (C=N–C) groups is 1. The van der Waals surface area contributed by atoms with Gasteiger partial charge in [-0.2, -0.15) is 0 Å². The van der Waals surface area contributed by atoms with Crippen LogP contribution >= 0.6 is 35.3 Å². The van der Waals surface area contributed by atoms with Gasteiger partial charge in [0.05, 0.1) is 12.2 Å². The van der Waals surface area contributed by atoms with Crippen LogP contribution in [0.15, 0.2) is 4.99 Å². The SMILES string of the molecule is CCNC(=NCc1nc(C)c(C)s1)NCCCOC.I. The first-order valence-corrected chi connectivity index (χ1v) is 7.43. The third-order valence-corrected chi connectivity index (χ3v) is 3.66. The third-order valence-electron chi connectivity index (χ3n) is 2.61. The Kier molecular flexibility index (Phi) is 11.0. The van der Waals surface area contributed by atoms with E-state index in [9.17, 15) is 0 Å². The number of nitrogens with one attached hydrogen (secondary N) is 2. The maximum Gasteiger partial charge on any atom is 0.191 e. The Hall–Kier alpha value is -0.410. The number of hydrogen-bond acceptors (Lipinski definition) is 4. The molecule has 0 saturated heterocycles. The minimum absolute atomic E-state index is 0. The lowest BCUT2D eigenvalue weighted by Crippen LogP contribution is -2.38. The van der Waals surface area contributed by atoms with Gasteiger partial charge < -0.3 is 15.4 Å². The summed E-state index contributed by atoms with van der Waals surface area (Å²) in [4.78, 5) is 10.3. The van der Waals surface area contributed by atoms with E-state index in [0.29, 0.717) is 6.54 Å². The molecule has 0 unspecified atom stereocenters. The lowest BCUT2D eigenvalue weighted by atomic mass is 10.4. The van der Waals surface area contributed by atoms with Crippen molar-refractivity contribution in [2.75, 3.05) is 26.8 Å². The lowest BCUT2D eigenvalue weighted by molar-refractivity contribution is 0.195. The maximum absolute atomic E-state index is 5.02. The Morgan fingerprint density at radius 2 is 2.10 bits per heavy atom. The molecule has 1 rings (SSSR count). The zero-order chi connectivity index (χ0) is 14.1. The van der Waals surface area contributed by atoms with Gasteiger partial charge in [-0.25, -0.2) is 9.98 Å². The number of ether oxygens (including phenoxy) is 1. The highest BCUT2D eigenvalue weighted by Gasteiger charge is 2.03. The Labute approximate surface area is 142 Å². The highest BCUT2D eigenvalue weighted by Crippen LogP contribution is 2.16. The molecule has 1 heterocycles. The molecule has 116 valence electrons. The summed E-state index contributed by atoms with van der Waals surface area (Å²) in [5.74, 6) is 0.837. The summed E-state index contributed by atoms with van der Waals surface area (Å²) in [6.45, 7) is 9.28. The van der Waals surface area contributed by atoms with Crippen molar-refractivity contribution in [2.45, 2.75) is 33.7 Å². The van der Waals surface area contributed by atoms with Crippen molar-refractivity contribution in [1.82, 2.24) is 15.6 Å². The number of rotatable bonds is 7. The van der Waals surface area contributed by atoms with Crippen LogP contribution in [0.5, 0.6) is 0 Å². The van der Waals surface area contributed by atoms with Crippen molar-refractivity contribution in [3.05, 3.63) is 15.6 Å². The molecule has 0 aliphatic rings. The number of hydrogen-bond donors (Lipinski definition) is 2. The second kappa shape index (κ2) is 11.3. The van der Waals surface area contributed by atoms with Crippen LogP contribution in [0.2, 0.25) is 0 Å². The largest absolute Gasteiger partial charge is 0.385 e. The molecule has 0 bridgehead atoms. The number of aromatic nitrogens is 1. The van der Waals surface area contributed by atoms with E-state index in [1.165, 1.54) is 4.88 Å². The molecule has 0 aliphatic heterocycles. The first-order valence-electron chi connectivity index (χ1n) is 6.61. The molecule has 0 radical (unpaired) electrons. The van der Waals surface area contributed by atoms with Crippen molar-refractivity contribution in [2.24, 2.45) is 4.99 Å². The van der Waals surface area contributed by atoms with E-state index < -0.39 is 0 Å². The van der Waals surface area contributed by atoms with Gasteiger partial charge in [-0.3, -0.25) is 0 Å². The normalized spacial score (nSPS) is 11.1. The van der Waals surface area contributed by atoms with Crippen molar-refractivity contribution in [3.63, 3.8) is 0 Å². The van der Waals surface area contributed by atoms with Gasteiger partial charge in [-0.15, -0.1) is 35.3 Å². The van der Waals surface area contributed by atoms with Gasteiger partial charge >= 0.3 is 0 Å². The van der Waals surface area contributed by atoms with Crippen molar-refractivity contribution >= 4 is 41.3 Å². The average Bonchev–Trinajstić information content (AvgIpc) is 2.71. The van der Waals surface area contributed by atoms with E-state index in [1.54, 1.807) is 18.4 Å². The number of thiazole rings is 1. The second-order valence-electron chi connectivity index (χ2n) is 4.22. The summed E-state index contributed by atoms with van der Waals surface area (Å²) >= 11 is 1.71. The molecule has 0 spiro atoms. The molecule has 0 aliphatic carbocycles. The summed E-state index contributed by atoms with van der Waals surface area (Å²) in [5.41, 5.74) is 1.10. The minimum atomic E-state index is 0. The fraction of sp³-hybridized carbons (Fsp3) is 0.692. The molecule has 1 aromatic heterocycles. The van der Waals surface area contributed by atoms with Crippen molar-refractivity contribution in [1.29, 1.82) is 0 Å². The fourth-order valence-electron chi connectivity index (χ4n) is 1.52. The molecule has 1 aromatic rings. The molecular weight excluding hydrogens is 387 g/mol. The molecule has 0 atom stereocenters. The third kappa shape index (κ3) is 7.39. The van der Waals surface area contributed by atoms with E-state index in [1.807, 2.05) is 6.92 Å². The van der Waals surface area contributed by atoms with Gasteiger partial charge in [-0.05, 0) is 27.2 Å². The summed E-state index contributed by atoms with van der Waals surface area (Å²) in [7, 11) is 1.71. The van der Waals surface area contributed by atoms with Crippen LogP contribution in [0.25, 0.3) is 0 Å². The summed E-state index contributed by atoms with van der Waals surface area (Å²) in [5, 5.41) is 7.57. The smallest absolute Gasteiger partial charge is 0.191 e. The highest BCUT2D eigenvalue weighted by atomic mass is 127. The predicted octanol–water partition coefficient (Wildman–Crippen LogP) is 2.47. The van der Waals surface area contributed by atoms with E-state index >= 15 is 0 Å². The molecule has 0 amide bonds. The monoisotopic (exact) mass is 412 g/mol. The maximum atomic E-state index is 5.02. The number of guanidine groups is 1. The van der Waals surface area contributed by atoms with E-state index in [-0.39, 0.29) is 24.0 Å². The molecule has 5 nitrogen and oxygen atoms in total. The quantitative estimate of drug-likeness (QED) is 0.313. The van der Waals surface area contributed by atoms with Gasteiger partial charge in [0.1, 0.15) is 5.01 Å². The van der Waals surface area contributed by atoms with Gasteiger partial charge in [0.2, 0.25) is 0 Å². The molecular formula is C13H25IN4OS. The number of halogens is 1. The van der Waals surface area contributed by atoms with Gasteiger partial charge in [0.25, 0.3) is 0 Å². The summed E-state index contributed by atoms with van der Waals surface area (Å²) in [6.07, 6.45) is 0.969. The molecule has 0 fully saturated rings. The first-order chi connectivity index (χ1) is 9.17. The second-order valence-corrected chi connectivity index (χ2v) is 5.51. The van der Waals surface area contributed by atoms with E-state index in [4.69, 9.17) is 4.74 Å². The first kappa shape index (κ1) is 19.6. The van der Waals surface area contributed by atoms with E-state index in [2.05, 4.69) is 34.5 Å². The molecule has 0 saturated carbocycles. The van der Waals surface area contributed by atoms with Crippen molar-refractivity contribution < 1.29 is 4.74 Å². The van der Waals surface area contributed by atoms with Gasteiger partial charge in [0, 0.05) is 31.7 Å². The zero-order valence-corrected chi connectivity index (χ0v) is 15.8. The van der Waals surface area contributed by atoms with Gasteiger partial charge in [0.15, 0.2) is 5.96 Å². The topological polar surface area (TPSA) is 58.5 Å². The van der Waals surface area contributed by atoms with Crippen LogP contribution in [0.4, 0.5) is 0 Å². The standard InChI is InChI=1S/C13H24N4OS.HI/c1-5-14-13(15-7-6-8-18-4)16-9-12-17-10(2)11(3)19-12;/h5-9H2,1-4H3,(H2,14,15,16);1H. The van der Waals surface area contributed by atoms with E-state index in [0.717, 1.165) is 42.8 Å². The average molecular weight is 412 g/mol. The molecule has 7 heteroatoms. The van der Waals surface area contributed by atoms with Crippen LogP contribution in [0.1, 0.15) is 28.9 Å². The number of methoxy groups -OCH3 is 1. The Morgan fingerprint density at radius 1 is 1.35 bits per heavy atom. The van der Waals surface area contributed by atoms with Crippen LogP contribution in [0.3, 0.4) is 0 Å². The summed E-state index contributed by atoms with van der Waals surface area (Å²) < 4.78 is 5.02. The number of aryl methyl sites for hydroxylation is 2. The Morgan fingerprint density at radius 3 is 2.65 bits per heavy atom. The van der Waals surface area contributed by atoms with Crippen LogP contribution < -0.4 is 10.6 Å². The molecule has 0 aromatic carbocycles. The lowest BCUT2D eigenvalue weighted by Gasteiger charge is -2.10. The minimum Gasteiger partial charge on any atom is -0.385 e. The Bertz CT molecular complexity index is 390. The molecule has 2 N–H and O–H groups in total. The fourth-order valence-corrected chi connectivity index (χ4v) is 2.38. The summed E-state index contributed by atoms with van der Waals surface area (Å²) in [6, 6.07) is 0. The zero-order valence-electron chi connectivity index (χ0n) is 12.7. The van der Waals surface area contributed by atoms with Crippen LogP contribution in [0, 0.1) is 13.8 Å². The predicted molar refractivity (Wildman–Crippen MR) is 96.3 cm³/mol. The van der Waals surface area contributed by atoms with Gasteiger partial charge in [-0.1, -0.05) is 0 Å². The van der Waals surface area contributed by atoms with Crippen LogP contribution in [-0.4, -0.2) is 37.7 Å². The Balaban J connectivity index is 0.00000361. The van der Waals surface area contributed by atoms with Crippen molar-refractivity contribution in [3.8, 4) is 0 Å².